The van der Waals surface area contributed by atoms with E-state index in [0.29, 0.717) is 27.2 Å². The maximum absolute atomic E-state index is 12.5. The molecule has 0 saturated heterocycles. The molecule has 0 heterocycles. The van der Waals surface area contributed by atoms with Crippen molar-refractivity contribution in [1.29, 1.82) is 0 Å². The van der Waals surface area contributed by atoms with Crippen molar-refractivity contribution < 1.29 is 14.3 Å². The molecule has 1 amide bonds. The quantitative estimate of drug-likeness (QED) is 0.850. The normalized spacial score (nSPS) is 10.4. The van der Waals surface area contributed by atoms with E-state index < -0.39 is 0 Å². The van der Waals surface area contributed by atoms with Crippen molar-refractivity contribution in [2.45, 2.75) is 20.0 Å². The summed E-state index contributed by atoms with van der Waals surface area (Å²) < 4.78 is 11.6. The highest BCUT2D eigenvalue weighted by Gasteiger charge is 2.14. The van der Waals surface area contributed by atoms with E-state index in [1.807, 2.05) is 38.1 Å². The van der Waals surface area contributed by atoms with Crippen LogP contribution < -0.4 is 14.8 Å². The highest BCUT2D eigenvalue weighted by Crippen LogP contribution is 2.28. The number of rotatable bonds is 5. The molecule has 0 fully saturated rings. The lowest BCUT2D eigenvalue weighted by Crippen LogP contribution is -2.15. The second-order valence-corrected chi connectivity index (χ2v) is 5.82. The van der Waals surface area contributed by atoms with Crippen LogP contribution in [0.15, 0.2) is 46.9 Å². The Morgan fingerprint density at radius 3 is 2.59 bits per heavy atom. The van der Waals surface area contributed by atoms with Gasteiger partial charge in [0.05, 0.1) is 24.5 Å². The number of anilines is 1. The molecule has 0 unspecified atom stereocenters. The van der Waals surface area contributed by atoms with Gasteiger partial charge in [0.2, 0.25) is 0 Å². The molecule has 0 bridgehead atoms. The minimum atomic E-state index is -0.231. The third kappa shape index (κ3) is 4.01. The molecule has 1 N–H and O–H groups in total. The number of benzene rings is 2. The lowest BCUT2D eigenvalue weighted by molar-refractivity contribution is 0.102. The molecule has 0 aromatic heterocycles. The Morgan fingerprint density at radius 1 is 1.18 bits per heavy atom. The monoisotopic (exact) mass is 363 g/mol. The summed E-state index contributed by atoms with van der Waals surface area (Å²) in [6, 6.07) is 12.6. The zero-order valence-electron chi connectivity index (χ0n) is 12.7. The number of amides is 1. The largest absolute Gasteiger partial charge is 0.497 e. The molecule has 0 saturated carbocycles. The Bertz CT molecular complexity index is 671. The van der Waals surface area contributed by atoms with E-state index >= 15 is 0 Å². The van der Waals surface area contributed by atoms with Crippen molar-refractivity contribution in [2.24, 2.45) is 0 Å². The smallest absolute Gasteiger partial charge is 0.257 e. The summed E-state index contributed by atoms with van der Waals surface area (Å²) >= 11 is 3.38. The maximum atomic E-state index is 12.5. The summed E-state index contributed by atoms with van der Waals surface area (Å²) in [6.07, 6.45) is 0.0293. The topological polar surface area (TPSA) is 47.6 Å². The maximum Gasteiger partial charge on any atom is 0.257 e. The summed E-state index contributed by atoms with van der Waals surface area (Å²) in [5.74, 6) is 1.04. The lowest BCUT2D eigenvalue weighted by Gasteiger charge is -2.15. The van der Waals surface area contributed by atoms with Crippen LogP contribution in [0, 0.1) is 0 Å². The first kappa shape index (κ1) is 16.4. The number of carbonyl (C=O) groups excluding carboxylic acids is 1. The van der Waals surface area contributed by atoms with Crippen molar-refractivity contribution in [2.75, 3.05) is 12.4 Å². The summed E-state index contributed by atoms with van der Waals surface area (Å²) in [5.41, 5.74) is 1.13. The van der Waals surface area contributed by atoms with Gasteiger partial charge in [0.1, 0.15) is 11.5 Å². The van der Waals surface area contributed by atoms with Crippen LogP contribution >= 0.6 is 15.9 Å². The molecule has 2 rings (SSSR count). The van der Waals surface area contributed by atoms with Gasteiger partial charge in [-0.3, -0.25) is 4.79 Å². The summed E-state index contributed by atoms with van der Waals surface area (Å²) in [6.45, 7) is 3.88. The van der Waals surface area contributed by atoms with Gasteiger partial charge < -0.3 is 14.8 Å². The van der Waals surface area contributed by atoms with Crippen molar-refractivity contribution in [3.8, 4) is 11.5 Å². The van der Waals surface area contributed by atoms with E-state index in [9.17, 15) is 4.79 Å². The van der Waals surface area contributed by atoms with Gasteiger partial charge >= 0.3 is 0 Å². The number of hydrogen-bond acceptors (Lipinski definition) is 3. The van der Waals surface area contributed by atoms with Gasteiger partial charge in [0, 0.05) is 4.47 Å². The van der Waals surface area contributed by atoms with Gasteiger partial charge in [0.15, 0.2) is 0 Å². The van der Waals surface area contributed by atoms with E-state index in [-0.39, 0.29) is 12.0 Å². The number of para-hydroxylation sites is 2. The standard InChI is InChI=1S/C17H18BrNO3/c1-11(2)22-16-7-5-4-6-15(16)19-17(20)13-10-12(21-3)8-9-14(13)18/h4-11H,1-3H3,(H,19,20). The Hall–Kier alpha value is -2.01. The average molecular weight is 364 g/mol. The molecule has 0 aliphatic rings. The van der Waals surface area contributed by atoms with E-state index in [1.54, 1.807) is 25.3 Å². The number of hydrogen-bond donors (Lipinski definition) is 1. The molecular weight excluding hydrogens is 346 g/mol. The van der Waals surface area contributed by atoms with Crippen molar-refractivity contribution in [3.05, 3.63) is 52.5 Å². The lowest BCUT2D eigenvalue weighted by atomic mass is 10.2. The first-order valence-corrected chi connectivity index (χ1v) is 7.71. The first-order chi connectivity index (χ1) is 10.5. The second kappa shape index (κ2) is 7.31. The molecule has 0 radical (unpaired) electrons. The van der Waals surface area contributed by atoms with Gasteiger partial charge in [-0.05, 0) is 60.1 Å². The predicted molar refractivity (Wildman–Crippen MR) is 90.9 cm³/mol. The second-order valence-electron chi connectivity index (χ2n) is 4.96. The van der Waals surface area contributed by atoms with Gasteiger partial charge in [-0.15, -0.1) is 0 Å². The summed E-state index contributed by atoms with van der Waals surface area (Å²) in [7, 11) is 1.57. The third-order valence-electron chi connectivity index (χ3n) is 2.92. The molecular formula is C17H18BrNO3. The molecule has 116 valence electrons. The van der Waals surface area contributed by atoms with E-state index in [0.717, 1.165) is 0 Å². The Labute approximate surface area is 138 Å². The van der Waals surface area contributed by atoms with Crippen LogP contribution in [0.3, 0.4) is 0 Å². The molecule has 2 aromatic carbocycles. The van der Waals surface area contributed by atoms with Crippen LogP contribution in [-0.2, 0) is 0 Å². The number of nitrogens with one attached hydrogen (secondary N) is 1. The van der Waals surface area contributed by atoms with Crippen molar-refractivity contribution >= 4 is 27.5 Å². The zero-order valence-corrected chi connectivity index (χ0v) is 14.3. The molecule has 0 spiro atoms. The van der Waals surface area contributed by atoms with Crippen LogP contribution in [0.5, 0.6) is 11.5 Å². The predicted octanol–water partition coefficient (Wildman–Crippen LogP) is 4.50. The van der Waals surface area contributed by atoms with Crippen LogP contribution in [0.25, 0.3) is 0 Å². The van der Waals surface area contributed by atoms with Crippen molar-refractivity contribution in [3.63, 3.8) is 0 Å². The molecule has 4 nitrogen and oxygen atoms in total. The van der Waals surface area contributed by atoms with Gasteiger partial charge in [-0.1, -0.05) is 12.1 Å². The molecule has 0 aliphatic heterocycles. The SMILES string of the molecule is COc1ccc(Br)c(C(=O)Nc2ccccc2OC(C)C)c1. The molecule has 0 atom stereocenters. The number of halogens is 1. The van der Waals surface area contributed by atoms with Crippen LogP contribution in [0.4, 0.5) is 5.69 Å². The number of methoxy groups -OCH3 is 1. The van der Waals surface area contributed by atoms with Gasteiger partial charge in [-0.2, -0.15) is 0 Å². The Balaban J connectivity index is 2.26. The summed E-state index contributed by atoms with van der Waals surface area (Å²) in [4.78, 5) is 12.5. The molecule has 22 heavy (non-hydrogen) atoms. The van der Waals surface area contributed by atoms with Crippen LogP contribution in [0.2, 0.25) is 0 Å². The minimum Gasteiger partial charge on any atom is -0.497 e. The third-order valence-corrected chi connectivity index (χ3v) is 3.61. The fourth-order valence-corrected chi connectivity index (χ4v) is 2.35. The number of ether oxygens (including phenoxy) is 2. The minimum absolute atomic E-state index is 0.0293. The van der Waals surface area contributed by atoms with Crippen molar-refractivity contribution in [1.82, 2.24) is 0 Å². The Morgan fingerprint density at radius 2 is 1.91 bits per heavy atom. The Kier molecular flexibility index (Phi) is 5.44. The van der Waals surface area contributed by atoms with Gasteiger partial charge in [-0.25, -0.2) is 0 Å². The van der Waals surface area contributed by atoms with E-state index in [2.05, 4.69) is 21.2 Å². The molecule has 0 aliphatic carbocycles. The fraction of sp³-hybridized carbons (Fsp3) is 0.235. The fourth-order valence-electron chi connectivity index (χ4n) is 1.92. The van der Waals surface area contributed by atoms with E-state index in [1.165, 1.54) is 0 Å². The molecule has 5 heteroatoms. The van der Waals surface area contributed by atoms with Crippen LogP contribution in [0.1, 0.15) is 24.2 Å². The van der Waals surface area contributed by atoms with Crippen LogP contribution in [-0.4, -0.2) is 19.1 Å². The first-order valence-electron chi connectivity index (χ1n) is 6.92. The zero-order chi connectivity index (χ0) is 16.1. The highest BCUT2D eigenvalue weighted by atomic mass is 79.9. The van der Waals surface area contributed by atoms with Gasteiger partial charge in [0.25, 0.3) is 5.91 Å². The van der Waals surface area contributed by atoms with E-state index in [4.69, 9.17) is 9.47 Å². The average Bonchev–Trinajstić information content (AvgIpc) is 2.49. The summed E-state index contributed by atoms with van der Waals surface area (Å²) in [5, 5.41) is 2.87. The highest BCUT2D eigenvalue weighted by molar-refractivity contribution is 9.10. The molecule has 2 aromatic rings. The number of carbonyl (C=O) groups is 1.